The van der Waals surface area contributed by atoms with E-state index in [0.29, 0.717) is 5.92 Å². The van der Waals surface area contributed by atoms with Crippen LogP contribution in [0.25, 0.3) is 27.5 Å². The summed E-state index contributed by atoms with van der Waals surface area (Å²) in [5, 5.41) is 6.16. The van der Waals surface area contributed by atoms with Gasteiger partial charge in [0.05, 0.1) is 0 Å². The van der Waals surface area contributed by atoms with Crippen molar-refractivity contribution >= 4 is 28.0 Å². The maximum absolute atomic E-state index is 5.38. The summed E-state index contributed by atoms with van der Waals surface area (Å²) in [7, 11) is 0. The maximum atomic E-state index is 5.38. The number of benzene rings is 6. The molecule has 1 heterocycles. The van der Waals surface area contributed by atoms with E-state index in [1.54, 1.807) is 0 Å². The summed E-state index contributed by atoms with van der Waals surface area (Å²) in [6.07, 6.45) is 5.44. The van der Waals surface area contributed by atoms with E-state index in [4.69, 9.17) is 9.98 Å². The van der Waals surface area contributed by atoms with Crippen LogP contribution in [0.3, 0.4) is 0 Å². The van der Waals surface area contributed by atoms with Crippen LogP contribution in [0.4, 0.5) is 0 Å². The standard InChI is InChI=1S/C46H37N3/c1-46(2)39-28-35(32-24-22-31(23-25-32)30-14-6-3-7-15-30)26-27-38(39)41-40(46)29-36-20-12-13-21-37(36)42(41)45-48-43(33-16-8-4-9-17-33)47-44(49-45)34-18-10-5-11-19-34/h3-27,29,35,43H,28H2,1-2H3,(H,47,48,49). The first-order chi connectivity index (χ1) is 24.0. The van der Waals surface area contributed by atoms with Gasteiger partial charge in [0, 0.05) is 22.5 Å². The summed E-state index contributed by atoms with van der Waals surface area (Å²) < 4.78 is 0. The third kappa shape index (κ3) is 5.05. The largest absolute Gasteiger partial charge is 0.324 e. The molecule has 49 heavy (non-hydrogen) atoms. The van der Waals surface area contributed by atoms with Crippen molar-refractivity contribution in [3.8, 4) is 11.1 Å². The van der Waals surface area contributed by atoms with Crippen molar-refractivity contribution in [1.29, 1.82) is 0 Å². The average Bonchev–Trinajstić information content (AvgIpc) is 3.39. The lowest BCUT2D eigenvalue weighted by Crippen LogP contribution is -2.36. The summed E-state index contributed by atoms with van der Waals surface area (Å²) in [5.74, 6) is 2.03. The van der Waals surface area contributed by atoms with Gasteiger partial charge in [-0.05, 0) is 62.2 Å². The molecule has 9 rings (SSSR count). The Hall–Kier alpha value is -5.80. The second kappa shape index (κ2) is 11.7. The minimum atomic E-state index is -0.352. The third-order valence-corrected chi connectivity index (χ3v) is 10.6. The van der Waals surface area contributed by atoms with Gasteiger partial charge in [-0.1, -0.05) is 171 Å². The van der Waals surface area contributed by atoms with Gasteiger partial charge in [0.2, 0.25) is 0 Å². The van der Waals surface area contributed by atoms with Gasteiger partial charge in [-0.25, -0.2) is 9.98 Å². The van der Waals surface area contributed by atoms with Crippen molar-refractivity contribution in [1.82, 2.24) is 5.32 Å². The SMILES string of the molecule is CC1(C)C2=C(C=CC(c3ccc(-c4ccccc4)cc3)C2)c2c1cc1ccccc1c2C1=NC(c2ccccc2)N=C(c2ccccc2)N1. The summed E-state index contributed by atoms with van der Waals surface area (Å²) in [6.45, 7) is 4.81. The van der Waals surface area contributed by atoms with Crippen LogP contribution in [-0.2, 0) is 5.41 Å². The van der Waals surface area contributed by atoms with Crippen LogP contribution >= 0.6 is 0 Å². The molecule has 1 N–H and O–H groups in total. The minimum absolute atomic E-state index is 0.138. The average molecular weight is 632 g/mol. The first-order valence-electron chi connectivity index (χ1n) is 17.2. The van der Waals surface area contributed by atoms with Gasteiger partial charge < -0.3 is 5.32 Å². The second-order valence-corrected chi connectivity index (χ2v) is 13.8. The van der Waals surface area contributed by atoms with E-state index in [1.807, 2.05) is 12.1 Å². The van der Waals surface area contributed by atoms with Gasteiger partial charge >= 0.3 is 0 Å². The third-order valence-electron chi connectivity index (χ3n) is 10.6. The van der Waals surface area contributed by atoms with E-state index >= 15 is 0 Å². The number of nitrogens with zero attached hydrogens (tertiary/aromatic N) is 2. The van der Waals surface area contributed by atoms with Gasteiger partial charge in [-0.2, -0.15) is 0 Å². The Labute approximate surface area is 288 Å². The van der Waals surface area contributed by atoms with Crippen molar-refractivity contribution in [2.45, 2.75) is 37.8 Å². The van der Waals surface area contributed by atoms with Crippen LogP contribution in [0.5, 0.6) is 0 Å². The quantitative estimate of drug-likeness (QED) is 0.202. The number of nitrogens with one attached hydrogen (secondary N) is 1. The topological polar surface area (TPSA) is 36.8 Å². The predicted octanol–water partition coefficient (Wildman–Crippen LogP) is 10.8. The number of hydrogen-bond donors (Lipinski definition) is 1. The molecule has 2 aliphatic carbocycles. The Morgan fingerprint density at radius 1 is 0.592 bits per heavy atom. The highest BCUT2D eigenvalue weighted by Gasteiger charge is 2.42. The molecule has 0 spiro atoms. The zero-order valence-corrected chi connectivity index (χ0v) is 27.8. The Morgan fingerprint density at radius 3 is 1.94 bits per heavy atom. The van der Waals surface area contributed by atoms with Gasteiger partial charge in [-0.3, -0.25) is 0 Å². The van der Waals surface area contributed by atoms with E-state index in [2.05, 4.69) is 165 Å². The molecule has 0 radical (unpaired) electrons. The number of aliphatic imine (C=N–C) groups is 2. The molecule has 6 aromatic rings. The van der Waals surface area contributed by atoms with Crippen LogP contribution in [0.1, 0.15) is 65.7 Å². The Balaban J connectivity index is 1.17. The molecule has 1 aliphatic heterocycles. The van der Waals surface area contributed by atoms with Crippen molar-refractivity contribution in [3.05, 3.63) is 197 Å². The van der Waals surface area contributed by atoms with Gasteiger partial charge in [0.15, 0.2) is 6.17 Å². The molecule has 0 bridgehead atoms. The minimum Gasteiger partial charge on any atom is -0.324 e. The fourth-order valence-electron chi connectivity index (χ4n) is 7.94. The molecule has 2 atom stereocenters. The summed E-state index contributed by atoms with van der Waals surface area (Å²) in [6, 6.07) is 51.8. The normalized spacial score (nSPS) is 19.1. The highest BCUT2D eigenvalue weighted by molar-refractivity contribution is 6.23. The van der Waals surface area contributed by atoms with E-state index in [1.165, 1.54) is 49.7 Å². The first kappa shape index (κ1) is 29.3. The lowest BCUT2D eigenvalue weighted by atomic mass is 9.74. The molecule has 0 fully saturated rings. The second-order valence-electron chi connectivity index (χ2n) is 13.8. The summed E-state index contributed by atoms with van der Waals surface area (Å²) >= 11 is 0. The Morgan fingerprint density at radius 2 is 1.20 bits per heavy atom. The molecule has 0 amide bonds. The van der Waals surface area contributed by atoms with Gasteiger partial charge in [-0.15, -0.1) is 0 Å². The van der Waals surface area contributed by atoms with E-state index < -0.39 is 0 Å². The lowest BCUT2D eigenvalue weighted by molar-refractivity contribution is 0.591. The van der Waals surface area contributed by atoms with Crippen molar-refractivity contribution < 1.29 is 0 Å². The Bertz CT molecular complexity index is 2330. The zero-order valence-electron chi connectivity index (χ0n) is 27.8. The van der Waals surface area contributed by atoms with Crippen LogP contribution in [-0.4, -0.2) is 11.7 Å². The smallest absolute Gasteiger partial charge is 0.169 e. The van der Waals surface area contributed by atoms with Crippen LogP contribution in [0, 0.1) is 0 Å². The maximum Gasteiger partial charge on any atom is 0.169 e. The first-order valence-corrected chi connectivity index (χ1v) is 17.2. The van der Waals surface area contributed by atoms with Gasteiger partial charge in [0.25, 0.3) is 0 Å². The molecule has 0 saturated carbocycles. The molecular formula is C46H37N3. The summed E-state index contributed by atoms with van der Waals surface area (Å²) in [4.78, 5) is 10.5. The number of hydrogen-bond acceptors (Lipinski definition) is 3. The van der Waals surface area contributed by atoms with Crippen LogP contribution < -0.4 is 5.32 Å². The molecule has 0 saturated heterocycles. The fraction of sp³-hybridized carbons (Fsp3) is 0.130. The molecular weight excluding hydrogens is 595 g/mol. The van der Waals surface area contributed by atoms with E-state index in [-0.39, 0.29) is 11.6 Å². The zero-order chi connectivity index (χ0) is 33.0. The van der Waals surface area contributed by atoms with Crippen LogP contribution in [0.2, 0.25) is 0 Å². The van der Waals surface area contributed by atoms with Crippen molar-refractivity contribution in [3.63, 3.8) is 0 Å². The summed E-state index contributed by atoms with van der Waals surface area (Å²) in [5.41, 5.74) is 12.5. The molecule has 3 nitrogen and oxygen atoms in total. The lowest BCUT2D eigenvalue weighted by Gasteiger charge is -2.29. The molecule has 2 unspecified atom stereocenters. The highest BCUT2D eigenvalue weighted by Crippen LogP contribution is 2.54. The van der Waals surface area contributed by atoms with Gasteiger partial charge in [0.1, 0.15) is 11.7 Å². The number of amidine groups is 2. The molecule has 3 heteroatoms. The number of rotatable bonds is 5. The van der Waals surface area contributed by atoms with Crippen LogP contribution in [0.15, 0.2) is 173 Å². The Kier molecular flexibility index (Phi) is 7.02. The molecule has 0 aromatic heterocycles. The highest BCUT2D eigenvalue weighted by atomic mass is 15.2. The van der Waals surface area contributed by atoms with E-state index in [0.717, 1.165) is 34.8 Å². The van der Waals surface area contributed by atoms with E-state index in [9.17, 15) is 0 Å². The molecule has 236 valence electrons. The number of fused-ring (bicyclic) bond motifs is 3. The monoisotopic (exact) mass is 631 g/mol. The number of allylic oxidation sites excluding steroid dienone is 4. The molecule has 6 aromatic carbocycles. The molecule has 3 aliphatic rings. The fourth-order valence-corrected chi connectivity index (χ4v) is 7.94. The van der Waals surface area contributed by atoms with Crippen molar-refractivity contribution in [2.24, 2.45) is 9.98 Å². The predicted molar refractivity (Wildman–Crippen MR) is 204 cm³/mol. The van der Waals surface area contributed by atoms with Crippen molar-refractivity contribution in [2.75, 3.05) is 0 Å².